The zero-order valence-electron chi connectivity index (χ0n) is 17.4. The standard InChI is InChI=1S/C23H21N7O2/c1-25-16-4-2-3-12-18-21(27-20(12)16)28-23(29-22(18)30-9-13-14(10-30)19(13)24)32-11-7-17-15(26-8-11)5-6-31-17/h2-8,13-14,19,25H,9-10,24H2,1H3,(H,27,28,29). The van der Waals surface area contributed by atoms with Crippen molar-refractivity contribution in [3.05, 3.63) is 42.8 Å². The lowest BCUT2D eigenvalue weighted by Gasteiger charge is -2.21. The van der Waals surface area contributed by atoms with Gasteiger partial charge in [-0.25, -0.2) is 4.98 Å². The van der Waals surface area contributed by atoms with E-state index in [0.29, 0.717) is 29.2 Å². The molecule has 160 valence electrons. The molecule has 0 bridgehead atoms. The molecule has 7 rings (SSSR count). The van der Waals surface area contributed by atoms with Gasteiger partial charge in [0.05, 0.1) is 29.1 Å². The second-order valence-electron chi connectivity index (χ2n) is 8.54. The average Bonchev–Trinajstić information content (AvgIpc) is 3.30. The van der Waals surface area contributed by atoms with Crippen molar-refractivity contribution in [2.75, 3.05) is 30.4 Å². The summed E-state index contributed by atoms with van der Waals surface area (Å²) in [5, 5.41) is 5.33. The van der Waals surface area contributed by atoms with Crippen LogP contribution in [0.5, 0.6) is 11.8 Å². The number of para-hydroxylation sites is 1. The number of furan rings is 1. The van der Waals surface area contributed by atoms with Crippen molar-refractivity contribution in [2.45, 2.75) is 6.04 Å². The summed E-state index contributed by atoms with van der Waals surface area (Å²) < 4.78 is 11.5. The number of nitrogens with zero attached hydrogens (tertiary/aromatic N) is 4. The summed E-state index contributed by atoms with van der Waals surface area (Å²) in [4.78, 5) is 19.7. The molecule has 5 aromatic rings. The molecule has 9 heteroatoms. The van der Waals surface area contributed by atoms with Gasteiger partial charge in [-0.1, -0.05) is 12.1 Å². The van der Waals surface area contributed by atoms with E-state index in [0.717, 1.165) is 52.0 Å². The van der Waals surface area contributed by atoms with Crippen molar-refractivity contribution in [1.29, 1.82) is 0 Å². The van der Waals surface area contributed by atoms with Crippen LogP contribution in [-0.2, 0) is 0 Å². The molecule has 2 aliphatic rings. The molecule has 1 aliphatic heterocycles. The van der Waals surface area contributed by atoms with Crippen molar-refractivity contribution >= 4 is 44.5 Å². The number of pyridine rings is 1. The first kappa shape index (κ1) is 17.8. The van der Waals surface area contributed by atoms with Crippen LogP contribution in [0.2, 0.25) is 0 Å². The quantitative estimate of drug-likeness (QED) is 0.399. The molecule has 5 heterocycles. The Labute approximate surface area is 182 Å². The largest absolute Gasteiger partial charge is 0.463 e. The minimum atomic E-state index is 0.266. The highest BCUT2D eigenvalue weighted by Gasteiger charge is 2.54. The number of hydrogen-bond acceptors (Lipinski definition) is 8. The van der Waals surface area contributed by atoms with E-state index < -0.39 is 0 Å². The summed E-state index contributed by atoms with van der Waals surface area (Å²) >= 11 is 0. The van der Waals surface area contributed by atoms with Crippen molar-refractivity contribution in [3.63, 3.8) is 0 Å². The zero-order chi connectivity index (χ0) is 21.4. The van der Waals surface area contributed by atoms with E-state index in [2.05, 4.69) is 26.3 Å². The first-order valence-corrected chi connectivity index (χ1v) is 10.7. The van der Waals surface area contributed by atoms with Gasteiger partial charge in [0.15, 0.2) is 11.3 Å². The molecule has 2 atom stereocenters. The maximum absolute atomic E-state index is 6.19. The lowest BCUT2D eigenvalue weighted by atomic mass is 10.1. The molecular formula is C23H21N7O2. The first-order chi connectivity index (χ1) is 15.7. The highest BCUT2D eigenvalue weighted by Crippen LogP contribution is 2.47. The van der Waals surface area contributed by atoms with E-state index >= 15 is 0 Å². The third-order valence-electron chi connectivity index (χ3n) is 6.76. The molecule has 1 saturated heterocycles. The number of ether oxygens (including phenoxy) is 1. The predicted octanol–water partition coefficient (Wildman–Crippen LogP) is 3.48. The van der Waals surface area contributed by atoms with Gasteiger partial charge < -0.3 is 30.1 Å². The van der Waals surface area contributed by atoms with Gasteiger partial charge in [-0.3, -0.25) is 0 Å². The second kappa shape index (κ2) is 6.33. The van der Waals surface area contributed by atoms with Gasteiger partial charge in [-0.2, -0.15) is 9.97 Å². The highest BCUT2D eigenvalue weighted by atomic mass is 16.5. The zero-order valence-corrected chi connectivity index (χ0v) is 17.4. The number of anilines is 2. The molecule has 9 nitrogen and oxygen atoms in total. The van der Waals surface area contributed by atoms with Crippen molar-refractivity contribution in [3.8, 4) is 11.8 Å². The van der Waals surface area contributed by atoms with Crippen LogP contribution < -0.4 is 20.7 Å². The molecule has 32 heavy (non-hydrogen) atoms. The van der Waals surface area contributed by atoms with Gasteiger partial charge >= 0.3 is 6.01 Å². The maximum Gasteiger partial charge on any atom is 0.326 e. The number of benzene rings is 1. The van der Waals surface area contributed by atoms with Crippen LogP contribution in [0.3, 0.4) is 0 Å². The summed E-state index contributed by atoms with van der Waals surface area (Å²) in [7, 11) is 1.91. The average molecular weight is 427 g/mol. The summed E-state index contributed by atoms with van der Waals surface area (Å²) in [6.45, 7) is 1.80. The molecule has 1 aromatic carbocycles. The molecule has 2 fully saturated rings. The Balaban J connectivity index is 1.38. The van der Waals surface area contributed by atoms with Crippen LogP contribution in [0.4, 0.5) is 11.5 Å². The maximum atomic E-state index is 6.19. The van der Waals surface area contributed by atoms with Crippen LogP contribution >= 0.6 is 0 Å². The fourth-order valence-corrected chi connectivity index (χ4v) is 5.00. The van der Waals surface area contributed by atoms with Crippen LogP contribution in [0.15, 0.2) is 47.2 Å². The number of H-pyrrole nitrogens is 1. The number of nitrogens with two attached hydrogens (primary N) is 1. The first-order valence-electron chi connectivity index (χ1n) is 10.7. The van der Waals surface area contributed by atoms with E-state index in [1.807, 2.05) is 25.2 Å². The summed E-state index contributed by atoms with van der Waals surface area (Å²) in [6.07, 6.45) is 3.26. The number of rotatable bonds is 4. The minimum Gasteiger partial charge on any atom is -0.463 e. The normalized spacial score (nSPS) is 22.1. The Morgan fingerprint density at radius 3 is 2.94 bits per heavy atom. The van der Waals surface area contributed by atoms with Crippen molar-refractivity contribution < 1.29 is 9.15 Å². The van der Waals surface area contributed by atoms with E-state index in [1.54, 1.807) is 18.5 Å². The van der Waals surface area contributed by atoms with Crippen LogP contribution in [0.25, 0.3) is 33.0 Å². The van der Waals surface area contributed by atoms with Crippen molar-refractivity contribution in [1.82, 2.24) is 19.9 Å². The second-order valence-corrected chi connectivity index (χ2v) is 8.54. The summed E-state index contributed by atoms with van der Waals surface area (Å²) in [5.41, 5.74) is 10.4. The van der Waals surface area contributed by atoms with Gasteiger partial charge in [0, 0.05) is 43.7 Å². The number of nitrogens with one attached hydrogen (secondary N) is 2. The van der Waals surface area contributed by atoms with Crippen LogP contribution in [0, 0.1) is 11.8 Å². The van der Waals surface area contributed by atoms with Gasteiger partial charge in [0.2, 0.25) is 0 Å². The van der Waals surface area contributed by atoms with Crippen LogP contribution in [0.1, 0.15) is 0 Å². The van der Waals surface area contributed by atoms with E-state index in [4.69, 9.17) is 24.9 Å². The highest BCUT2D eigenvalue weighted by molar-refractivity contribution is 6.14. The molecule has 4 N–H and O–H groups in total. The van der Waals surface area contributed by atoms with Gasteiger partial charge in [-0.05, 0) is 17.9 Å². The van der Waals surface area contributed by atoms with E-state index in [9.17, 15) is 0 Å². The van der Waals surface area contributed by atoms with Gasteiger partial charge in [-0.15, -0.1) is 0 Å². The lowest BCUT2D eigenvalue weighted by Crippen LogP contribution is -2.29. The van der Waals surface area contributed by atoms with Crippen molar-refractivity contribution in [2.24, 2.45) is 17.6 Å². The monoisotopic (exact) mass is 427 g/mol. The fraction of sp³-hybridized carbons (Fsp3) is 0.261. The third kappa shape index (κ3) is 2.51. The molecule has 0 spiro atoms. The number of aromatic amines is 1. The SMILES string of the molecule is CNc1cccc2c1[nH]c1nc(Oc3cnc4ccoc4c3)nc(N3CC4C(N)C4C3)c12. The van der Waals surface area contributed by atoms with E-state index in [-0.39, 0.29) is 6.01 Å². The molecule has 0 amide bonds. The summed E-state index contributed by atoms with van der Waals surface area (Å²) in [5.74, 6) is 2.47. The van der Waals surface area contributed by atoms with Crippen LogP contribution in [-0.4, -0.2) is 46.1 Å². The Morgan fingerprint density at radius 2 is 2.09 bits per heavy atom. The number of hydrogen-bond donors (Lipinski definition) is 3. The topological polar surface area (TPSA) is 118 Å². The Bertz CT molecular complexity index is 1490. The Kier molecular flexibility index (Phi) is 3.52. The molecule has 0 radical (unpaired) electrons. The molecule has 4 aromatic heterocycles. The minimum absolute atomic E-state index is 0.266. The number of fused-ring (bicyclic) bond motifs is 5. The Hall–Kier alpha value is -3.85. The molecule has 2 unspecified atom stereocenters. The van der Waals surface area contributed by atoms with E-state index in [1.165, 1.54) is 0 Å². The molecule has 1 aliphatic carbocycles. The summed E-state index contributed by atoms with van der Waals surface area (Å²) in [6, 6.07) is 10.4. The molecular weight excluding hydrogens is 406 g/mol. The number of piperidine rings is 1. The molecule has 1 saturated carbocycles. The fourth-order valence-electron chi connectivity index (χ4n) is 5.00. The number of aromatic nitrogens is 4. The van der Waals surface area contributed by atoms with Gasteiger partial charge in [0.1, 0.15) is 17.0 Å². The smallest absolute Gasteiger partial charge is 0.326 e. The predicted molar refractivity (Wildman–Crippen MR) is 122 cm³/mol. The van der Waals surface area contributed by atoms with Gasteiger partial charge in [0.25, 0.3) is 0 Å². The third-order valence-corrected chi connectivity index (χ3v) is 6.76. The lowest BCUT2D eigenvalue weighted by molar-refractivity contribution is 0.441. The Morgan fingerprint density at radius 1 is 1.22 bits per heavy atom.